The minimum Gasteiger partial charge on any atom is -0.271 e. The first-order valence-corrected chi connectivity index (χ1v) is 5.75. The molecule has 4 heteroatoms. The highest BCUT2D eigenvalue weighted by Gasteiger charge is 2.19. The number of hydrazine groups is 1. The van der Waals surface area contributed by atoms with Crippen molar-refractivity contribution in [1.82, 2.24) is 5.43 Å². The molecule has 0 heterocycles. The Hall–Kier alpha value is -1.00. The maximum Gasteiger partial charge on any atom is 0.163 e. The van der Waals surface area contributed by atoms with Gasteiger partial charge in [-0.05, 0) is 24.3 Å². The van der Waals surface area contributed by atoms with Crippen LogP contribution in [0.15, 0.2) is 18.2 Å². The molecule has 0 aromatic heterocycles. The lowest BCUT2D eigenvalue weighted by molar-refractivity contribution is 0.328. The standard InChI is InChI=1S/C13H20F2N2/c1-13(2,3)8-7-11(17-16)9-5-4-6-10(14)12(9)15/h4-6,11,17H,7-8,16H2,1-3H3. The predicted molar refractivity (Wildman–Crippen MR) is 65.1 cm³/mol. The van der Waals surface area contributed by atoms with E-state index in [0.29, 0.717) is 6.42 Å². The van der Waals surface area contributed by atoms with Crippen molar-refractivity contribution < 1.29 is 8.78 Å². The quantitative estimate of drug-likeness (QED) is 0.628. The Morgan fingerprint density at radius 3 is 2.47 bits per heavy atom. The highest BCUT2D eigenvalue weighted by atomic mass is 19.2. The molecule has 1 aromatic carbocycles. The van der Waals surface area contributed by atoms with E-state index in [1.54, 1.807) is 6.07 Å². The zero-order chi connectivity index (χ0) is 13.1. The minimum atomic E-state index is -0.835. The average Bonchev–Trinajstić information content (AvgIpc) is 2.23. The molecule has 3 N–H and O–H groups in total. The van der Waals surface area contributed by atoms with Crippen LogP contribution in [-0.4, -0.2) is 0 Å². The number of hydrogen-bond acceptors (Lipinski definition) is 2. The molecular formula is C13H20F2N2. The summed E-state index contributed by atoms with van der Waals surface area (Å²) in [6.45, 7) is 6.30. The van der Waals surface area contributed by atoms with Gasteiger partial charge in [0.2, 0.25) is 0 Å². The van der Waals surface area contributed by atoms with Gasteiger partial charge in [0, 0.05) is 11.6 Å². The van der Waals surface area contributed by atoms with Crippen LogP contribution < -0.4 is 11.3 Å². The van der Waals surface area contributed by atoms with Crippen LogP contribution in [0.1, 0.15) is 45.2 Å². The molecule has 0 saturated heterocycles. The first-order chi connectivity index (χ1) is 7.85. The Bertz CT molecular complexity index is 372. The van der Waals surface area contributed by atoms with Crippen LogP contribution in [0, 0.1) is 17.0 Å². The number of rotatable bonds is 4. The molecule has 0 radical (unpaired) electrons. The van der Waals surface area contributed by atoms with Gasteiger partial charge in [-0.25, -0.2) is 8.78 Å². The molecule has 0 aliphatic carbocycles. The zero-order valence-electron chi connectivity index (χ0n) is 10.6. The highest BCUT2D eigenvalue weighted by molar-refractivity contribution is 5.22. The first kappa shape index (κ1) is 14.1. The van der Waals surface area contributed by atoms with Crippen LogP contribution in [-0.2, 0) is 0 Å². The van der Waals surface area contributed by atoms with Gasteiger partial charge < -0.3 is 0 Å². The van der Waals surface area contributed by atoms with Crippen molar-refractivity contribution in [2.75, 3.05) is 0 Å². The summed E-state index contributed by atoms with van der Waals surface area (Å²) in [4.78, 5) is 0. The summed E-state index contributed by atoms with van der Waals surface area (Å²) in [6, 6.07) is 3.81. The first-order valence-electron chi connectivity index (χ1n) is 5.75. The zero-order valence-corrected chi connectivity index (χ0v) is 10.6. The SMILES string of the molecule is CC(C)(C)CCC(NN)c1cccc(F)c1F. The lowest BCUT2D eigenvalue weighted by Crippen LogP contribution is -2.29. The average molecular weight is 242 g/mol. The van der Waals surface area contributed by atoms with Crippen molar-refractivity contribution in [1.29, 1.82) is 0 Å². The van der Waals surface area contributed by atoms with Crippen LogP contribution in [0.5, 0.6) is 0 Å². The third-order valence-electron chi connectivity index (χ3n) is 2.74. The summed E-state index contributed by atoms with van der Waals surface area (Å²) in [5.74, 6) is 3.76. The Balaban J connectivity index is 2.83. The van der Waals surface area contributed by atoms with Gasteiger partial charge >= 0.3 is 0 Å². The van der Waals surface area contributed by atoms with E-state index in [1.807, 2.05) is 0 Å². The molecule has 96 valence electrons. The van der Waals surface area contributed by atoms with Crippen LogP contribution >= 0.6 is 0 Å². The van der Waals surface area contributed by atoms with E-state index in [-0.39, 0.29) is 17.0 Å². The van der Waals surface area contributed by atoms with Crippen LogP contribution in [0.2, 0.25) is 0 Å². The van der Waals surface area contributed by atoms with E-state index in [4.69, 9.17) is 5.84 Å². The minimum absolute atomic E-state index is 0.138. The van der Waals surface area contributed by atoms with Crippen molar-refractivity contribution in [2.24, 2.45) is 11.3 Å². The molecule has 1 aromatic rings. The van der Waals surface area contributed by atoms with Gasteiger partial charge in [-0.1, -0.05) is 32.9 Å². The lowest BCUT2D eigenvalue weighted by Gasteiger charge is -2.23. The Morgan fingerprint density at radius 2 is 1.94 bits per heavy atom. The van der Waals surface area contributed by atoms with E-state index in [9.17, 15) is 8.78 Å². The van der Waals surface area contributed by atoms with Gasteiger partial charge in [0.25, 0.3) is 0 Å². The topological polar surface area (TPSA) is 38.0 Å². The van der Waals surface area contributed by atoms with Gasteiger partial charge in [-0.15, -0.1) is 0 Å². The molecule has 0 amide bonds. The number of halogens is 2. The van der Waals surface area contributed by atoms with E-state index in [0.717, 1.165) is 12.5 Å². The summed E-state index contributed by atoms with van der Waals surface area (Å²) < 4.78 is 26.7. The predicted octanol–water partition coefficient (Wildman–Crippen LogP) is 3.30. The highest BCUT2D eigenvalue weighted by Crippen LogP contribution is 2.28. The fraction of sp³-hybridized carbons (Fsp3) is 0.538. The number of nitrogens with two attached hydrogens (primary N) is 1. The Labute approximate surface area is 101 Å². The van der Waals surface area contributed by atoms with Crippen molar-refractivity contribution >= 4 is 0 Å². The maximum atomic E-state index is 13.6. The van der Waals surface area contributed by atoms with Gasteiger partial charge in [0.1, 0.15) is 0 Å². The van der Waals surface area contributed by atoms with Crippen LogP contribution in [0.4, 0.5) is 8.78 Å². The van der Waals surface area contributed by atoms with Crippen molar-refractivity contribution in [3.05, 3.63) is 35.4 Å². The molecule has 0 bridgehead atoms. The maximum absolute atomic E-state index is 13.6. The van der Waals surface area contributed by atoms with Gasteiger partial charge in [-0.3, -0.25) is 11.3 Å². The van der Waals surface area contributed by atoms with Crippen LogP contribution in [0.25, 0.3) is 0 Å². The summed E-state index contributed by atoms with van der Waals surface area (Å²) in [7, 11) is 0. The molecule has 0 fully saturated rings. The van der Waals surface area contributed by atoms with E-state index >= 15 is 0 Å². The second-order valence-electron chi connectivity index (χ2n) is 5.46. The molecule has 17 heavy (non-hydrogen) atoms. The normalized spacial score (nSPS) is 13.8. The Morgan fingerprint density at radius 1 is 1.29 bits per heavy atom. The van der Waals surface area contributed by atoms with E-state index in [1.165, 1.54) is 6.07 Å². The summed E-state index contributed by atoms with van der Waals surface area (Å²) in [5.41, 5.74) is 2.98. The van der Waals surface area contributed by atoms with Crippen molar-refractivity contribution in [3.63, 3.8) is 0 Å². The molecule has 0 saturated carbocycles. The Kier molecular flexibility index (Phi) is 4.60. The molecule has 0 aliphatic rings. The second kappa shape index (κ2) is 5.56. The number of nitrogens with one attached hydrogen (secondary N) is 1. The second-order valence-corrected chi connectivity index (χ2v) is 5.46. The van der Waals surface area contributed by atoms with Gasteiger partial charge in [0.05, 0.1) is 0 Å². The summed E-state index contributed by atoms with van der Waals surface area (Å²) in [5, 5.41) is 0. The van der Waals surface area contributed by atoms with E-state index < -0.39 is 11.6 Å². The molecule has 2 nitrogen and oxygen atoms in total. The fourth-order valence-corrected chi connectivity index (χ4v) is 1.70. The monoisotopic (exact) mass is 242 g/mol. The summed E-state index contributed by atoms with van der Waals surface area (Å²) in [6.07, 6.45) is 1.54. The van der Waals surface area contributed by atoms with Crippen LogP contribution in [0.3, 0.4) is 0 Å². The smallest absolute Gasteiger partial charge is 0.163 e. The van der Waals surface area contributed by atoms with E-state index in [2.05, 4.69) is 26.2 Å². The van der Waals surface area contributed by atoms with Gasteiger partial charge in [-0.2, -0.15) is 0 Å². The molecule has 0 aliphatic heterocycles. The third-order valence-corrected chi connectivity index (χ3v) is 2.74. The largest absolute Gasteiger partial charge is 0.271 e. The number of benzene rings is 1. The molecule has 1 rings (SSSR count). The van der Waals surface area contributed by atoms with Crippen molar-refractivity contribution in [3.8, 4) is 0 Å². The molecule has 1 atom stereocenters. The summed E-state index contributed by atoms with van der Waals surface area (Å²) >= 11 is 0. The third kappa shape index (κ3) is 4.06. The fourth-order valence-electron chi connectivity index (χ4n) is 1.70. The lowest BCUT2D eigenvalue weighted by atomic mass is 9.87. The van der Waals surface area contributed by atoms with Crippen molar-refractivity contribution in [2.45, 2.75) is 39.7 Å². The molecule has 1 unspecified atom stereocenters. The van der Waals surface area contributed by atoms with Gasteiger partial charge in [0.15, 0.2) is 11.6 Å². The molecular weight excluding hydrogens is 222 g/mol. The molecule has 0 spiro atoms. The number of hydrogen-bond donors (Lipinski definition) is 2.